The largest absolute Gasteiger partial charge is 0.497 e. The van der Waals surface area contributed by atoms with E-state index >= 15 is 4.39 Å². The topological polar surface area (TPSA) is 109 Å². The van der Waals surface area contributed by atoms with Crippen molar-refractivity contribution in [2.75, 3.05) is 51.2 Å². The Balaban J connectivity index is 1.50. The minimum Gasteiger partial charge on any atom is -0.497 e. The molecule has 1 aromatic heterocycles. The second-order valence-corrected chi connectivity index (χ2v) is 11.9. The SMILES string of the molecule is C=CCc1cccc(C)c1C(c1cc(OC)ccc1OC)N(C(=O)O)c1ccnc(Nc2ccc(OCC3CCCN(C)C3)c(F)c2)n1. The molecule has 0 aliphatic carbocycles. The van der Waals surface area contributed by atoms with Gasteiger partial charge in [0.15, 0.2) is 11.6 Å². The van der Waals surface area contributed by atoms with Crippen LogP contribution in [0.5, 0.6) is 17.2 Å². The maximum atomic E-state index is 15.1. The molecule has 1 amide bonds. The molecule has 1 saturated heterocycles. The number of aryl methyl sites for hydroxylation is 1. The van der Waals surface area contributed by atoms with E-state index in [9.17, 15) is 9.90 Å². The quantitative estimate of drug-likeness (QED) is 0.142. The lowest BCUT2D eigenvalue weighted by molar-refractivity contribution is 0.147. The molecule has 0 saturated carbocycles. The highest BCUT2D eigenvalue weighted by Gasteiger charge is 2.34. The van der Waals surface area contributed by atoms with Crippen molar-refractivity contribution in [1.29, 1.82) is 0 Å². The molecule has 0 spiro atoms. The summed E-state index contributed by atoms with van der Waals surface area (Å²) in [7, 11) is 5.16. The van der Waals surface area contributed by atoms with Crippen LogP contribution in [-0.4, -0.2) is 67.0 Å². The van der Waals surface area contributed by atoms with E-state index in [-0.39, 0.29) is 17.5 Å². The fourth-order valence-electron chi connectivity index (χ4n) is 6.27. The Bertz CT molecular complexity index is 1750. The van der Waals surface area contributed by atoms with E-state index in [0.29, 0.717) is 41.7 Å². The second kappa shape index (κ2) is 15.6. The molecule has 48 heavy (non-hydrogen) atoms. The lowest BCUT2D eigenvalue weighted by Gasteiger charge is -2.33. The van der Waals surface area contributed by atoms with Gasteiger partial charge in [-0.05, 0) is 92.9 Å². The van der Waals surface area contributed by atoms with Crippen molar-refractivity contribution in [3.05, 3.63) is 108 Å². The summed E-state index contributed by atoms with van der Waals surface area (Å²) in [5.74, 6) is 1.19. The van der Waals surface area contributed by atoms with Crippen molar-refractivity contribution in [1.82, 2.24) is 14.9 Å². The molecule has 252 valence electrons. The Labute approximate surface area is 280 Å². The van der Waals surface area contributed by atoms with Crippen molar-refractivity contribution < 1.29 is 28.5 Å². The number of nitrogens with zero attached hydrogens (tertiary/aromatic N) is 4. The number of nitrogens with one attached hydrogen (secondary N) is 1. The number of allylic oxidation sites excluding steroid dienone is 1. The molecule has 2 unspecified atom stereocenters. The molecule has 0 bridgehead atoms. The number of hydrogen-bond donors (Lipinski definition) is 2. The summed E-state index contributed by atoms with van der Waals surface area (Å²) in [5.41, 5.74) is 3.47. The molecule has 1 aliphatic heterocycles. The van der Waals surface area contributed by atoms with Crippen molar-refractivity contribution in [2.24, 2.45) is 5.92 Å². The van der Waals surface area contributed by atoms with Crippen LogP contribution in [0.25, 0.3) is 0 Å². The number of methoxy groups -OCH3 is 2. The van der Waals surface area contributed by atoms with Crippen LogP contribution in [0, 0.1) is 18.7 Å². The van der Waals surface area contributed by atoms with Gasteiger partial charge in [0.25, 0.3) is 0 Å². The number of amides is 1. The average Bonchev–Trinajstić information content (AvgIpc) is 3.07. The Morgan fingerprint density at radius 3 is 2.69 bits per heavy atom. The molecule has 2 heterocycles. The van der Waals surface area contributed by atoms with Gasteiger partial charge in [-0.25, -0.2) is 19.1 Å². The summed E-state index contributed by atoms with van der Waals surface area (Å²) in [6.45, 7) is 8.28. The third-order valence-electron chi connectivity index (χ3n) is 8.52. The minimum atomic E-state index is -1.25. The number of likely N-dealkylation sites (tertiary alicyclic amines) is 1. The third-order valence-corrected chi connectivity index (χ3v) is 8.52. The van der Waals surface area contributed by atoms with Crippen molar-refractivity contribution in [3.63, 3.8) is 0 Å². The van der Waals surface area contributed by atoms with E-state index in [1.54, 1.807) is 43.5 Å². The maximum absolute atomic E-state index is 15.1. The number of anilines is 3. The first-order valence-electron chi connectivity index (χ1n) is 15.9. The number of halogens is 1. The van der Waals surface area contributed by atoms with Crippen LogP contribution in [0.4, 0.5) is 26.6 Å². The maximum Gasteiger partial charge on any atom is 0.413 e. The molecule has 10 nitrogen and oxygen atoms in total. The number of carboxylic acid groups (broad SMARTS) is 1. The molecule has 2 N–H and O–H groups in total. The zero-order valence-corrected chi connectivity index (χ0v) is 27.8. The molecule has 3 aromatic carbocycles. The highest BCUT2D eigenvalue weighted by Crippen LogP contribution is 2.42. The Morgan fingerprint density at radius 2 is 1.98 bits per heavy atom. The summed E-state index contributed by atoms with van der Waals surface area (Å²) < 4.78 is 32.2. The van der Waals surface area contributed by atoms with E-state index in [1.165, 1.54) is 30.3 Å². The molecule has 11 heteroatoms. The molecule has 0 radical (unpaired) electrons. The molecule has 1 aliphatic rings. The second-order valence-electron chi connectivity index (χ2n) is 11.9. The van der Waals surface area contributed by atoms with Crippen LogP contribution in [-0.2, 0) is 6.42 Å². The molecular weight excluding hydrogens is 613 g/mol. The van der Waals surface area contributed by atoms with Gasteiger partial charge in [0.05, 0.1) is 26.9 Å². The monoisotopic (exact) mass is 655 g/mol. The fourth-order valence-corrected chi connectivity index (χ4v) is 6.27. The van der Waals surface area contributed by atoms with Crippen LogP contribution >= 0.6 is 0 Å². The zero-order chi connectivity index (χ0) is 34.2. The molecule has 5 rings (SSSR count). The van der Waals surface area contributed by atoms with Gasteiger partial charge in [-0.1, -0.05) is 24.3 Å². The number of ether oxygens (including phenoxy) is 3. The van der Waals surface area contributed by atoms with E-state index in [1.807, 2.05) is 25.1 Å². The zero-order valence-electron chi connectivity index (χ0n) is 27.8. The van der Waals surface area contributed by atoms with Crippen molar-refractivity contribution in [3.8, 4) is 17.2 Å². The van der Waals surface area contributed by atoms with Gasteiger partial charge in [-0.15, -0.1) is 6.58 Å². The van der Waals surface area contributed by atoms with Crippen LogP contribution < -0.4 is 24.4 Å². The van der Waals surface area contributed by atoms with E-state index in [2.05, 4.69) is 33.8 Å². The van der Waals surface area contributed by atoms with E-state index in [0.717, 1.165) is 42.6 Å². The predicted molar refractivity (Wildman–Crippen MR) is 184 cm³/mol. The number of hydrogen-bond acceptors (Lipinski definition) is 8. The van der Waals surface area contributed by atoms with Crippen molar-refractivity contribution in [2.45, 2.75) is 32.2 Å². The first kappa shape index (κ1) is 34.2. The summed E-state index contributed by atoms with van der Waals surface area (Å²) in [6.07, 6.45) is 4.64. The number of aromatic nitrogens is 2. The number of carbonyl (C=O) groups is 1. The normalized spacial score (nSPS) is 15.3. The van der Waals surface area contributed by atoms with Gasteiger partial charge in [0.2, 0.25) is 5.95 Å². The first-order valence-corrected chi connectivity index (χ1v) is 15.9. The smallest absolute Gasteiger partial charge is 0.413 e. The lowest BCUT2D eigenvalue weighted by atomic mass is 9.88. The Hall–Kier alpha value is -5.16. The van der Waals surface area contributed by atoms with Crippen LogP contribution in [0.15, 0.2) is 79.5 Å². The van der Waals surface area contributed by atoms with Gasteiger partial charge in [0.1, 0.15) is 17.3 Å². The van der Waals surface area contributed by atoms with Gasteiger partial charge in [0, 0.05) is 36.0 Å². The highest BCUT2D eigenvalue weighted by molar-refractivity contribution is 5.87. The van der Waals surface area contributed by atoms with Gasteiger partial charge in [-0.3, -0.25) is 0 Å². The number of benzene rings is 3. The predicted octanol–water partition coefficient (Wildman–Crippen LogP) is 7.41. The summed E-state index contributed by atoms with van der Waals surface area (Å²) >= 11 is 0. The highest BCUT2D eigenvalue weighted by atomic mass is 19.1. The molecule has 2 atom stereocenters. The van der Waals surface area contributed by atoms with E-state index in [4.69, 9.17) is 14.2 Å². The molecule has 1 fully saturated rings. The first-order chi connectivity index (χ1) is 23.2. The Morgan fingerprint density at radius 1 is 1.17 bits per heavy atom. The van der Waals surface area contributed by atoms with E-state index < -0.39 is 18.0 Å². The third kappa shape index (κ3) is 7.86. The summed E-state index contributed by atoms with van der Waals surface area (Å²) in [6, 6.07) is 16.3. The minimum absolute atomic E-state index is 0.0875. The Kier molecular flexibility index (Phi) is 11.1. The number of rotatable bonds is 13. The van der Waals surface area contributed by atoms with Gasteiger partial charge < -0.3 is 29.5 Å². The summed E-state index contributed by atoms with van der Waals surface area (Å²) in [4.78, 5) is 25.6. The fraction of sp³-hybridized carbons (Fsp3) is 0.324. The van der Waals surface area contributed by atoms with Gasteiger partial charge in [-0.2, -0.15) is 4.98 Å². The van der Waals surface area contributed by atoms with Crippen LogP contribution in [0.1, 0.15) is 41.1 Å². The summed E-state index contributed by atoms with van der Waals surface area (Å²) in [5, 5.41) is 13.8. The van der Waals surface area contributed by atoms with Crippen LogP contribution in [0.2, 0.25) is 0 Å². The standard InChI is InChI=1S/C37H42FN5O5/c1-6-9-26-12-7-10-24(2)34(26)35(29-21-28(46-4)14-16-31(29)47-5)43(37(44)45)33-17-18-39-36(41-33)40-27-13-15-32(30(38)20-27)48-23-25-11-8-19-42(3)22-25/h6-7,10,12-18,20-21,25,35H,1,8-9,11,19,22-23H2,2-5H3,(H,44,45)(H,39,40,41). The number of piperidine rings is 1. The van der Waals surface area contributed by atoms with Crippen molar-refractivity contribution >= 4 is 23.5 Å². The molecule has 4 aromatic rings. The van der Waals surface area contributed by atoms with Crippen LogP contribution in [0.3, 0.4) is 0 Å². The molecular formula is C37H42FN5O5. The average molecular weight is 656 g/mol. The van der Waals surface area contributed by atoms with Gasteiger partial charge >= 0.3 is 6.09 Å². The lowest BCUT2D eigenvalue weighted by Crippen LogP contribution is -2.36.